The summed E-state index contributed by atoms with van der Waals surface area (Å²) in [4.78, 5) is 28.7. The lowest BCUT2D eigenvalue weighted by Gasteiger charge is -2.25. The van der Waals surface area contributed by atoms with E-state index in [2.05, 4.69) is 10.1 Å². The van der Waals surface area contributed by atoms with Crippen LogP contribution in [0, 0.1) is 20.8 Å². The zero-order chi connectivity index (χ0) is 19.6. The number of aromatic nitrogens is 3. The van der Waals surface area contributed by atoms with Crippen molar-refractivity contribution in [3.63, 3.8) is 0 Å². The van der Waals surface area contributed by atoms with Gasteiger partial charge in [-0.15, -0.1) is 0 Å². The topological polar surface area (TPSA) is 90.1 Å². The van der Waals surface area contributed by atoms with Crippen LogP contribution < -0.4 is 10.4 Å². The fraction of sp³-hybridized carbons (Fsp3) is 0.190. The number of carbonyl (C=O) groups is 1. The molecule has 3 heterocycles. The predicted octanol–water partition coefficient (Wildman–Crippen LogP) is 3.42. The highest BCUT2D eigenvalue weighted by Crippen LogP contribution is 2.44. The third-order valence-corrected chi connectivity index (χ3v) is 5.25. The van der Waals surface area contributed by atoms with Crippen LogP contribution in [-0.4, -0.2) is 20.7 Å². The van der Waals surface area contributed by atoms with E-state index in [1.807, 2.05) is 57.2 Å². The summed E-state index contributed by atoms with van der Waals surface area (Å²) in [5.41, 5.74) is 4.60. The molecule has 0 saturated carbocycles. The van der Waals surface area contributed by atoms with Crippen LogP contribution in [0.3, 0.4) is 0 Å². The highest BCUT2D eigenvalue weighted by Gasteiger charge is 2.37. The third-order valence-electron chi connectivity index (χ3n) is 5.25. The molecule has 140 valence electrons. The lowest BCUT2D eigenvalue weighted by atomic mass is 9.97. The van der Waals surface area contributed by atoms with Crippen molar-refractivity contribution in [2.24, 2.45) is 0 Å². The summed E-state index contributed by atoms with van der Waals surface area (Å²) in [7, 11) is 0. The van der Waals surface area contributed by atoms with Crippen LogP contribution in [0.25, 0.3) is 22.2 Å². The molecule has 0 radical (unpaired) electrons. The van der Waals surface area contributed by atoms with E-state index in [0.717, 1.165) is 11.1 Å². The Hall–Kier alpha value is -3.61. The van der Waals surface area contributed by atoms with Gasteiger partial charge < -0.3 is 14.2 Å². The number of esters is 1. The largest absolute Gasteiger partial charge is 0.422 e. The molecule has 1 atom stereocenters. The van der Waals surface area contributed by atoms with Crippen LogP contribution in [0.1, 0.15) is 28.6 Å². The second-order valence-electron chi connectivity index (χ2n) is 7.03. The minimum atomic E-state index is -0.839. The highest BCUT2D eigenvalue weighted by molar-refractivity contribution is 6.00. The molecule has 2 aromatic heterocycles. The number of carbonyl (C=O) groups excluding carboxylic acids is 1. The maximum Gasteiger partial charge on any atom is 0.339 e. The van der Waals surface area contributed by atoms with Gasteiger partial charge in [-0.25, -0.2) is 9.59 Å². The normalized spacial score (nSPS) is 15.8. The molecule has 5 rings (SSSR count). The van der Waals surface area contributed by atoms with E-state index in [4.69, 9.17) is 9.26 Å². The molecular weight excluding hydrogens is 358 g/mol. The number of ether oxygens (including phenoxy) is 1. The fourth-order valence-corrected chi connectivity index (χ4v) is 4.02. The molecule has 1 unspecified atom stereocenters. The summed E-state index contributed by atoms with van der Waals surface area (Å²) in [5.74, 6) is 0.474. The summed E-state index contributed by atoms with van der Waals surface area (Å²) in [6.45, 7) is 5.55. The van der Waals surface area contributed by atoms with Crippen molar-refractivity contribution in [2.45, 2.75) is 26.8 Å². The average molecular weight is 375 g/mol. The van der Waals surface area contributed by atoms with Gasteiger partial charge in [-0.05, 0) is 38.0 Å². The Morgan fingerprint density at radius 3 is 2.54 bits per heavy atom. The van der Waals surface area contributed by atoms with Crippen LogP contribution >= 0.6 is 0 Å². The van der Waals surface area contributed by atoms with E-state index in [-0.39, 0.29) is 5.69 Å². The van der Waals surface area contributed by atoms with Gasteiger partial charge in [0.2, 0.25) is 0 Å². The lowest BCUT2D eigenvalue weighted by molar-refractivity contribution is -0.137. The molecule has 7 heteroatoms. The minimum Gasteiger partial charge on any atom is -0.422 e. The quantitative estimate of drug-likeness (QED) is 0.428. The molecule has 0 spiro atoms. The number of nitrogens with one attached hydrogen (secondary N) is 1. The standard InChI is InChI=1S/C21H17N3O4/c1-10-9-14(15-11(2)23-28-12(15)3)19-18-16(10)22-21(26)24(18)17(20(25)27-19)13-7-5-4-6-8-13/h4-9,17H,1-3H3,(H,22,26). The first-order valence-corrected chi connectivity index (χ1v) is 8.95. The van der Waals surface area contributed by atoms with E-state index in [9.17, 15) is 9.59 Å². The molecule has 0 saturated heterocycles. The van der Waals surface area contributed by atoms with Gasteiger partial charge in [0.15, 0.2) is 11.8 Å². The first-order valence-electron chi connectivity index (χ1n) is 8.95. The van der Waals surface area contributed by atoms with Gasteiger partial charge >= 0.3 is 11.7 Å². The Bertz CT molecular complexity index is 1290. The molecule has 0 bridgehead atoms. The molecule has 0 amide bonds. The van der Waals surface area contributed by atoms with Crippen LogP contribution in [0.5, 0.6) is 5.75 Å². The molecule has 28 heavy (non-hydrogen) atoms. The van der Waals surface area contributed by atoms with Crippen LogP contribution in [0.15, 0.2) is 45.7 Å². The average Bonchev–Trinajstić information content (AvgIpc) is 3.19. The number of hydrogen-bond donors (Lipinski definition) is 1. The Morgan fingerprint density at radius 1 is 1.11 bits per heavy atom. The van der Waals surface area contributed by atoms with E-state index in [1.165, 1.54) is 4.57 Å². The summed E-state index contributed by atoms with van der Waals surface area (Å²) in [6, 6.07) is 10.2. The van der Waals surface area contributed by atoms with E-state index in [0.29, 0.717) is 39.4 Å². The van der Waals surface area contributed by atoms with Crippen molar-refractivity contribution >= 4 is 17.0 Å². The number of aromatic amines is 1. The number of rotatable bonds is 2. The smallest absolute Gasteiger partial charge is 0.339 e. The zero-order valence-corrected chi connectivity index (χ0v) is 15.6. The van der Waals surface area contributed by atoms with Gasteiger partial charge in [-0.2, -0.15) is 0 Å². The Kier molecular flexibility index (Phi) is 3.37. The third kappa shape index (κ3) is 2.13. The SMILES string of the molecule is Cc1noc(C)c1-c1cc(C)c2[nH]c(=O)n3c2c1OC(=O)C3c1ccccc1. The first kappa shape index (κ1) is 16.6. The predicted molar refractivity (Wildman–Crippen MR) is 102 cm³/mol. The molecular formula is C21H17N3O4. The number of aryl methyl sites for hydroxylation is 3. The van der Waals surface area contributed by atoms with Crippen LogP contribution in [0.4, 0.5) is 0 Å². The summed E-state index contributed by atoms with van der Waals surface area (Å²) in [6.07, 6.45) is 0. The van der Waals surface area contributed by atoms with E-state index < -0.39 is 12.0 Å². The van der Waals surface area contributed by atoms with Crippen molar-refractivity contribution in [1.29, 1.82) is 0 Å². The number of nitrogens with zero attached hydrogens (tertiary/aromatic N) is 2. The Morgan fingerprint density at radius 2 is 1.86 bits per heavy atom. The van der Waals surface area contributed by atoms with Gasteiger partial charge in [0.25, 0.3) is 0 Å². The van der Waals surface area contributed by atoms with Crippen molar-refractivity contribution < 1.29 is 14.1 Å². The van der Waals surface area contributed by atoms with Crippen molar-refractivity contribution in [1.82, 2.24) is 14.7 Å². The van der Waals surface area contributed by atoms with Gasteiger partial charge in [0, 0.05) is 5.56 Å². The number of benzene rings is 2. The number of H-pyrrole nitrogens is 1. The maximum absolute atomic E-state index is 13.0. The first-order chi connectivity index (χ1) is 13.5. The molecule has 1 aliphatic heterocycles. The highest BCUT2D eigenvalue weighted by atomic mass is 16.5. The van der Waals surface area contributed by atoms with Crippen LogP contribution in [-0.2, 0) is 4.79 Å². The number of imidazole rings is 1. The maximum atomic E-state index is 13.0. The minimum absolute atomic E-state index is 0.347. The van der Waals surface area contributed by atoms with Crippen LogP contribution in [0.2, 0.25) is 0 Å². The molecule has 1 aliphatic rings. The Labute approximate surface area is 159 Å². The zero-order valence-electron chi connectivity index (χ0n) is 15.6. The second-order valence-corrected chi connectivity index (χ2v) is 7.03. The van der Waals surface area contributed by atoms with Gasteiger partial charge in [-0.1, -0.05) is 35.5 Å². The monoisotopic (exact) mass is 375 g/mol. The Balaban J connectivity index is 1.89. The fourth-order valence-electron chi connectivity index (χ4n) is 4.02. The molecule has 1 N–H and O–H groups in total. The lowest BCUT2D eigenvalue weighted by Crippen LogP contribution is -2.35. The van der Waals surface area contributed by atoms with Gasteiger partial charge in [-0.3, -0.25) is 4.57 Å². The van der Waals surface area contributed by atoms with Crippen molar-refractivity contribution in [3.8, 4) is 16.9 Å². The molecule has 0 fully saturated rings. The van der Waals surface area contributed by atoms with E-state index in [1.54, 1.807) is 0 Å². The van der Waals surface area contributed by atoms with E-state index >= 15 is 0 Å². The van der Waals surface area contributed by atoms with Crippen molar-refractivity contribution in [2.75, 3.05) is 0 Å². The van der Waals surface area contributed by atoms with Gasteiger partial charge in [0.1, 0.15) is 11.3 Å². The molecule has 2 aromatic carbocycles. The van der Waals surface area contributed by atoms with Gasteiger partial charge in [0.05, 0.1) is 16.8 Å². The van der Waals surface area contributed by atoms with Crippen molar-refractivity contribution in [3.05, 3.63) is 69.5 Å². The summed E-state index contributed by atoms with van der Waals surface area (Å²) < 4.78 is 12.6. The number of hydrogen-bond acceptors (Lipinski definition) is 5. The summed E-state index contributed by atoms with van der Waals surface area (Å²) >= 11 is 0. The molecule has 4 aromatic rings. The molecule has 0 aliphatic carbocycles. The molecule has 7 nitrogen and oxygen atoms in total. The summed E-state index contributed by atoms with van der Waals surface area (Å²) in [5, 5.41) is 4.01. The second kappa shape index (κ2) is 5.69.